The zero-order valence-electron chi connectivity index (χ0n) is 21.9. The average Bonchev–Trinajstić information content (AvgIpc) is 3.55. The number of para-hydroxylation sites is 2. The Hall–Kier alpha value is -4.47. The second kappa shape index (κ2) is 10.6. The van der Waals surface area contributed by atoms with Crippen LogP contribution < -0.4 is 4.74 Å². The molecule has 0 fully saturated rings. The fourth-order valence-electron chi connectivity index (χ4n) is 5.26. The van der Waals surface area contributed by atoms with Crippen molar-refractivity contribution in [3.63, 3.8) is 0 Å². The molecule has 0 aliphatic carbocycles. The molecule has 0 radical (unpaired) electrons. The maximum atomic E-state index is 6.29. The van der Waals surface area contributed by atoms with Gasteiger partial charge in [-0.25, -0.2) is 4.98 Å². The Kier molecular flexibility index (Phi) is 6.83. The Morgan fingerprint density at radius 3 is 2.27 bits per heavy atom. The van der Waals surface area contributed by atoms with Gasteiger partial charge in [-0.2, -0.15) is 6.07 Å². The van der Waals surface area contributed by atoms with E-state index in [1.54, 1.807) is 6.20 Å². The van der Waals surface area contributed by atoms with Gasteiger partial charge in [0.25, 0.3) is 0 Å². The van der Waals surface area contributed by atoms with Crippen molar-refractivity contribution >= 4 is 21.8 Å². The minimum absolute atomic E-state index is 0. The van der Waals surface area contributed by atoms with Gasteiger partial charge in [-0.15, -0.1) is 41.3 Å². The Balaban J connectivity index is 0.00000289. The third-order valence-electron chi connectivity index (χ3n) is 6.99. The van der Waals surface area contributed by atoms with Crippen molar-refractivity contribution in [3.8, 4) is 34.4 Å². The molecule has 0 saturated carbocycles. The Morgan fingerprint density at radius 2 is 1.45 bits per heavy atom. The second-order valence-corrected chi connectivity index (χ2v) is 9.52. The van der Waals surface area contributed by atoms with E-state index in [1.807, 2.05) is 54.9 Å². The Morgan fingerprint density at radius 1 is 0.675 bits per heavy atom. The summed E-state index contributed by atoms with van der Waals surface area (Å²) < 4.78 is 10.6. The van der Waals surface area contributed by atoms with Crippen LogP contribution >= 0.6 is 0 Å². The minimum Gasteiger partial charge on any atom is -0.503 e. The first-order valence-electron chi connectivity index (χ1n) is 12.8. The van der Waals surface area contributed by atoms with E-state index < -0.39 is 0 Å². The fourth-order valence-corrected chi connectivity index (χ4v) is 5.26. The molecule has 4 aromatic carbocycles. The predicted octanol–water partition coefficient (Wildman–Crippen LogP) is 8.04. The summed E-state index contributed by atoms with van der Waals surface area (Å²) in [5.74, 6) is 2.01. The van der Waals surface area contributed by atoms with Crippen molar-refractivity contribution in [2.75, 3.05) is 0 Å². The van der Waals surface area contributed by atoms with Gasteiger partial charge in [-0.3, -0.25) is 4.57 Å². The van der Waals surface area contributed by atoms with Gasteiger partial charge in [0.05, 0.1) is 5.69 Å². The number of ether oxygens (including phenoxy) is 1. The molecule has 0 spiro atoms. The first-order valence-corrected chi connectivity index (χ1v) is 12.8. The van der Waals surface area contributed by atoms with Crippen LogP contribution in [0.25, 0.3) is 44.7 Å². The molecule has 0 N–H and O–H groups in total. The van der Waals surface area contributed by atoms with E-state index in [0.29, 0.717) is 11.5 Å². The maximum Gasteiger partial charge on any atom is 2.00 e. The predicted molar refractivity (Wildman–Crippen MR) is 155 cm³/mol. The number of fused-ring (bicyclic) bond motifs is 3. The molecule has 0 amide bonds. The molecule has 3 aromatic heterocycles. The summed E-state index contributed by atoms with van der Waals surface area (Å²) in [6, 6.07) is 37.3. The zero-order chi connectivity index (χ0) is 26.3. The maximum absolute atomic E-state index is 6.29. The monoisotopic (exact) mass is 699 g/mol. The van der Waals surface area contributed by atoms with E-state index in [9.17, 15) is 0 Å². The molecule has 0 aliphatic rings. The molecule has 7 aromatic rings. The van der Waals surface area contributed by atoms with Crippen LogP contribution in [0.3, 0.4) is 0 Å². The van der Waals surface area contributed by atoms with Crippen molar-refractivity contribution in [1.82, 2.24) is 19.1 Å². The number of nitrogens with zero attached hydrogens (tertiary/aromatic N) is 4. The van der Waals surface area contributed by atoms with Crippen molar-refractivity contribution in [2.45, 2.75) is 13.8 Å². The van der Waals surface area contributed by atoms with Crippen molar-refractivity contribution in [3.05, 3.63) is 133 Å². The number of aromatic nitrogens is 4. The number of imidazole rings is 1. The van der Waals surface area contributed by atoms with Crippen LogP contribution in [0.2, 0.25) is 0 Å². The topological polar surface area (TPSA) is 44.9 Å². The zero-order valence-corrected chi connectivity index (χ0v) is 24.2. The average molecular weight is 700 g/mol. The largest absolute Gasteiger partial charge is 2.00 e. The molecule has 5 nitrogen and oxygen atoms in total. The standard InChI is InChI=1S/C34H24N4O.Pt/c1-23-9-7-10-24(2)33(23)37-20-19-36-34(37)38-31-15-4-3-13-28(31)29-17-16-27(22-32(29)38)39-26-12-8-11-25(21-26)30-14-5-6-18-35-30;/h3-20H,1-2H3;/q-2;+2. The first-order chi connectivity index (χ1) is 19.2. The van der Waals surface area contributed by atoms with E-state index in [0.717, 1.165) is 44.7 Å². The fraction of sp³-hybridized carbons (Fsp3) is 0.0588. The van der Waals surface area contributed by atoms with Gasteiger partial charge < -0.3 is 14.3 Å². The SMILES string of the molecule is Cc1cccc(C)c1-n1ccnc1-n1c2[c-]c(Oc3[c-]c(-c4ccccn4)ccc3)ccc2c2ccccc21.[Pt+2]. The molecule has 0 bridgehead atoms. The molecule has 7 rings (SSSR count). The third-order valence-corrected chi connectivity index (χ3v) is 6.99. The van der Waals surface area contributed by atoms with Gasteiger partial charge in [0.2, 0.25) is 5.95 Å². The summed E-state index contributed by atoms with van der Waals surface area (Å²) in [6.07, 6.45) is 5.64. The number of pyridine rings is 1. The van der Waals surface area contributed by atoms with Gasteiger partial charge in [-0.05, 0) is 48.2 Å². The van der Waals surface area contributed by atoms with Gasteiger partial charge >= 0.3 is 21.1 Å². The molecule has 40 heavy (non-hydrogen) atoms. The van der Waals surface area contributed by atoms with Crippen LogP contribution in [0.5, 0.6) is 11.5 Å². The summed E-state index contributed by atoms with van der Waals surface area (Å²) in [4.78, 5) is 9.27. The molecule has 6 heteroatoms. The van der Waals surface area contributed by atoms with Crippen molar-refractivity contribution in [1.29, 1.82) is 0 Å². The van der Waals surface area contributed by atoms with Gasteiger partial charge in [0.15, 0.2) is 0 Å². The summed E-state index contributed by atoms with van der Waals surface area (Å²) in [6.45, 7) is 4.26. The Bertz CT molecular complexity index is 1950. The summed E-state index contributed by atoms with van der Waals surface area (Å²) >= 11 is 0. The van der Waals surface area contributed by atoms with Crippen LogP contribution in [0, 0.1) is 26.0 Å². The number of benzene rings is 4. The van der Waals surface area contributed by atoms with E-state index in [4.69, 9.17) is 9.72 Å². The quantitative estimate of drug-likeness (QED) is 0.171. The van der Waals surface area contributed by atoms with Crippen molar-refractivity contribution < 1.29 is 25.8 Å². The smallest absolute Gasteiger partial charge is 0.503 e. The van der Waals surface area contributed by atoms with E-state index in [2.05, 4.69) is 88.6 Å². The van der Waals surface area contributed by atoms with Gasteiger partial charge in [0.1, 0.15) is 0 Å². The molecule has 0 unspecified atom stereocenters. The number of hydrogen-bond acceptors (Lipinski definition) is 3. The van der Waals surface area contributed by atoms with Crippen LogP contribution in [0.1, 0.15) is 11.1 Å². The van der Waals surface area contributed by atoms with Crippen LogP contribution in [-0.4, -0.2) is 19.1 Å². The van der Waals surface area contributed by atoms with Gasteiger partial charge in [0, 0.05) is 35.6 Å². The third kappa shape index (κ3) is 4.43. The molecule has 196 valence electrons. The normalized spacial score (nSPS) is 11.1. The summed E-state index contributed by atoms with van der Waals surface area (Å²) in [5.41, 5.74) is 7.18. The van der Waals surface area contributed by atoms with E-state index in [-0.39, 0.29) is 21.1 Å². The van der Waals surface area contributed by atoms with E-state index >= 15 is 0 Å². The van der Waals surface area contributed by atoms with Crippen LogP contribution in [-0.2, 0) is 21.1 Å². The number of rotatable bonds is 5. The van der Waals surface area contributed by atoms with Crippen molar-refractivity contribution in [2.24, 2.45) is 0 Å². The molecule has 0 saturated heterocycles. The molecular weight excluding hydrogens is 675 g/mol. The van der Waals surface area contributed by atoms with Crippen LogP contribution in [0.15, 0.2) is 110 Å². The number of hydrogen-bond donors (Lipinski definition) is 0. The molecule has 0 atom stereocenters. The first kappa shape index (κ1) is 25.8. The van der Waals surface area contributed by atoms with E-state index in [1.165, 1.54) is 11.1 Å². The van der Waals surface area contributed by atoms with Crippen LogP contribution in [0.4, 0.5) is 0 Å². The summed E-state index contributed by atoms with van der Waals surface area (Å²) in [5, 5.41) is 2.22. The minimum atomic E-state index is 0. The second-order valence-electron chi connectivity index (χ2n) is 9.52. The van der Waals surface area contributed by atoms with Gasteiger partial charge in [-0.1, -0.05) is 60.1 Å². The molecule has 3 heterocycles. The molecular formula is C34H24N4OPt. The number of aryl methyl sites for hydroxylation is 2. The summed E-state index contributed by atoms with van der Waals surface area (Å²) in [7, 11) is 0. The molecule has 0 aliphatic heterocycles. The Labute approximate surface area is 247 Å².